The molecule has 26 heavy (non-hydrogen) atoms. The van der Waals surface area contributed by atoms with E-state index < -0.39 is 0 Å². The van der Waals surface area contributed by atoms with Gasteiger partial charge < -0.3 is 15.0 Å². The van der Waals surface area contributed by atoms with E-state index in [1.165, 1.54) is 25.8 Å². The average Bonchev–Trinajstić information content (AvgIpc) is 2.69. The maximum absolute atomic E-state index is 12.5. The molecule has 1 saturated heterocycles. The number of ether oxygens (including phenoxy) is 1. The van der Waals surface area contributed by atoms with Gasteiger partial charge in [-0.15, -0.1) is 0 Å². The highest BCUT2D eigenvalue weighted by molar-refractivity contribution is 5.92. The standard InChI is InChI=1S/C19H24N4O3/c1-26-18-13-21-15(10-17(18)24)19(25)22-12-16(14-6-5-7-20-11-14)23-8-3-2-4-9-23/h5-7,10-11,13,16H,2-4,8-9,12H2,1H3,(H,21,24)(H,22,25)/t16-/m0/s1. The van der Waals surface area contributed by atoms with E-state index in [0.29, 0.717) is 6.54 Å². The molecule has 7 nitrogen and oxygen atoms in total. The van der Waals surface area contributed by atoms with Gasteiger partial charge in [0.2, 0.25) is 5.43 Å². The molecule has 138 valence electrons. The van der Waals surface area contributed by atoms with Gasteiger partial charge in [-0.1, -0.05) is 12.5 Å². The van der Waals surface area contributed by atoms with E-state index in [4.69, 9.17) is 4.74 Å². The Kier molecular flexibility index (Phi) is 6.01. The number of aromatic amines is 1. The Hall–Kier alpha value is -2.67. The van der Waals surface area contributed by atoms with Crippen LogP contribution in [0.15, 0.2) is 41.6 Å². The monoisotopic (exact) mass is 356 g/mol. The third-order valence-corrected chi connectivity index (χ3v) is 4.70. The number of likely N-dealkylation sites (tertiary alicyclic amines) is 1. The lowest BCUT2D eigenvalue weighted by Crippen LogP contribution is -2.41. The Morgan fingerprint density at radius 1 is 1.38 bits per heavy atom. The van der Waals surface area contributed by atoms with Crippen molar-refractivity contribution in [2.75, 3.05) is 26.7 Å². The van der Waals surface area contributed by atoms with Crippen molar-refractivity contribution in [3.8, 4) is 5.75 Å². The van der Waals surface area contributed by atoms with Crippen LogP contribution in [0.2, 0.25) is 0 Å². The van der Waals surface area contributed by atoms with Gasteiger partial charge in [0, 0.05) is 31.2 Å². The zero-order chi connectivity index (χ0) is 18.4. The first-order valence-corrected chi connectivity index (χ1v) is 8.88. The predicted molar refractivity (Wildman–Crippen MR) is 98.3 cm³/mol. The number of carbonyl (C=O) groups is 1. The van der Waals surface area contributed by atoms with Crippen LogP contribution in [0.1, 0.15) is 41.4 Å². The summed E-state index contributed by atoms with van der Waals surface area (Å²) in [6.07, 6.45) is 8.57. The third kappa shape index (κ3) is 4.29. The van der Waals surface area contributed by atoms with Crippen molar-refractivity contribution in [3.05, 3.63) is 58.3 Å². The second-order valence-electron chi connectivity index (χ2n) is 6.39. The summed E-state index contributed by atoms with van der Waals surface area (Å²) in [7, 11) is 1.42. The molecule has 2 N–H and O–H groups in total. The number of nitrogens with one attached hydrogen (secondary N) is 2. The van der Waals surface area contributed by atoms with E-state index >= 15 is 0 Å². The molecule has 0 saturated carbocycles. The number of hydrogen-bond acceptors (Lipinski definition) is 5. The molecular formula is C19H24N4O3. The van der Waals surface area contributed by atoms with E-state index in [2.05, 4.69) is 20.2 Å². The minimum Gasteiger partial charge on any atom is -0.491 e. The van der Waals surface area contributed by atoms with Gasteiger partial charge >= 0.3 is 0 Å². The van der Waals surface area contributed by atoms with Gasteiger partial charge in [-0.3, -0.25) is 19.5 Å². The summed E-state index contributed by atoms with van der Waals surface area (Å²) in [6, 6.07) is 5.27. The summed E-state index contributed by atoms with van der Waals surface area (Å²) < 4.78 is 4.93. The number of nitrogens with zero attached hydrogens (tertiary/aromatic N) is 2. The Morgan fingerprint density at radius 3 is 2.85 bits per heavy atom. The van der Waals surface area contributed by atoms with Crippen LogP contribution in [0.5, 0.6) is 5.75 Å². The highest BCUT2D eigenvalue weighted by Gasteiger charge is 2.23. The summed E-state index contributed by atoms with van der Waals surface area (Å²) in [5.74, 6) is -0.126. The lowest BCUT2D eigenvalue weighted by Gasteiger charge is -2.34. The summed E-state index contributed by atoms with van der Waals surface area (Å²) in [5.41, 5.74) is 0.980. The summed E-state index contributed by atoms with van der Waals surface area (Å²) in [4.78, 5) is 33.7. The fraction of sp³-hybridized carbons (Fsp3) is 0.421. The SMILES string of the molecule is COc1c[nH]c(C(=O)NC[C@@H](c2cccnc2)N2CCCCC2)cc1=O. The highest BCUT2D eigenvalue weighted by Crippen LogP contribution is 2.23. The van der Waals surface area contributed by atoms with Gasteiger partial charge in [-0.05, 0) is 37.6 Å². The number of carbonyl (C=O) groups excluding carboxylic acids is 1. The van der Waals surface area contributed by atoms with Crippen LogP contribution in [-0.4, -0.2) is 47.5 Å². The molecule has 0 spiro atoms. The summed E-state index contributed by atoms with van der Waals surface area (Å²) in [6.45, 7) is 2.47. The summed E-state index contributed by atoms with van der Waals surface area (Å²) in [5, 5.41) is 2.94. The molecule has 1 aliphatic heterocycles. The number of rotatable bonds is 6. The maximum atomic E-state index is 12.5. The molecule has 2 aromatic rings. The normalized spacial score (nSPS) is 16.0. The Bertz CT molecular complexity index is 785. The maximum Gasteiger partial charge on any atom is 0.267 e. The first kappa shape index (κ1) is 18.1. The third-order valence-electron chi connectivity index (χ3n) is 4.70. The average molecular weight is 356 g/mol. The molecular weight excluding hydrogens is 332 g/mol. The molecule has 1 fully saturated rings. The van der Waals surface area contributed by atoms with Crippen LogP contribution in [0.4, 0.5) is 0 Å². The number of pyridine rings is 2. The Morgan fingerprint density at radius 2 is 2.19 bits per heavy atom. The van der Waals surface area contributed by atoms with E-state index in [9.17, 15) is 9.59 Å². The van der Waals surface area contributed by atoms with Crippen molar-refractivity contribution >= 4 is 5.91 Å². The van der Waals surface area contributed by atoms with Crippen LogP contribution < -0.4 is 15.5 Å². The lowest BCUT2D eigenvalue weighted by atomic mass is 10.0. The number of methoxy groups -OCH3 is 1. The Balaban J connectivity index is 1.71. The van der Waals surface area contributed by atoms with Crippen molar-refractivity contribution < 1.29 is 9.53 Å². The van der Waals surface area contributed by atoms with E-state index in [0.717, 1.165) is 31.5 Å². The molecule has 7 heteroatoms. The second-order valence-corrected chi connectivity index (χ2v) is 6.39. The van der Waals surface area contributed by atoms with E-state index in [1.54, 1.807) is 6.20 Å². The lowest BCUT2D eigenvalue weighted by molar-refractivity contribution is 0.0919. The molecule has 3 heterocycles. The molecule has 2 aromatic heterocycles. The Labute approximate surface area is 152 Å². The second kappa shape index (κ2) is 8.62. The largest absolute Gasteiger partial charge is 0.491 e. The first-order chi connectivity index (χ1) is 12.7. The van der Waals surface area contributed by atoms with Gasteiger partial charge in [-0.2, -0.15) is 0 Å². The fourth-order valence-corrected chi connectivity index (χ4v) is 3.29. The minimum absolute atomic E-state index is 0.0675. The van der Waals surface area contributed by atoms with Gasteiger partial charge in [0.25, 0.3) is 5.91 Å². The summed E-state index contributed by atoms with van der Waals surface area (Å²) >= 11 is 0. The zero-order valence-corrected chi connectivity index (χ0v) is 14.9. The molecule has 0 radical (unpaired) electrons. The molecule has 3 rings (SSSR count). The number of amides is 1. The van der Waals surface area contributed by atoms with Gasteiger partial charge in [0.05, 0.1) is 13.2 Å². The molecule has 0 aromatic carbocycles. The smallest absolute Gasteiger partial charge is 0.267 e. The molecule has 1 amide bonds. The predicted octanol–water partition coefficient (Wildman–Crippen LogP) is 1.74. The van der Waals surface area contributed by atoms with Crippen molar-refractivity contribution in [2.24, 2.45) is 0 Å². The van der Waals surface area contributed by atoms with Gasteiger partial charge in [-0.25, -0.2) is 0 Å². The quantitative estimate of drug-likeness (QED) is 0.823. The molecule has 0 unspecified atom stereocenters. The first-order valence-electron chi connectivity index (χ1n) is 8.88. The zero-order valence-electron chi connectivity index (χ0n) is 14.9. The molecule has 0 bridgehead atoms. The molecule has 0 aliphatic carbocycles. The number of aromatic nitrogens is 2. The van der Waals surface area contributed by atoms with E-state index in [-0.39, 0.29) is 28.8 Å². The minimum atomic E-state index is -0.323. The van der Waals surface area contributed by atoms with Crippen LogP contribution in [-0.2, 0) is 0 Å². The van der Waals surface area contributed by atoms with Crippen molar-refractivity contribution in [1.29, 1.82) is 0 Å². The molecule has 1 aliphatic rings. The number of H-pyrrole nitrogens is 1. The van der Waals surface area contributed by atoms with Crippen molar-refractivity contribution in [3.63, 3.8) is 0 Å². The van der Waals surface area contributed by atoms with Crippen LogP contribution >= 0.6 is 0 Å². The van der Waals surface area contributed by atoms with Crippen LogP contribution in [0, 0.1) is 0 Å². The van der Waals surface area contributed by atoms with Crippen LogP contribution in [0.3, 0.4) is 0 Å². The van der Waals surface area contributed by atoms with Crippen molar-refractivity contribution in [2.45, 2.75) is 25.3 Å². The highest BCUT2D eigenvalue weighted by atomic mass is 16.5. The fourth-order valence-electron chi connectivity index (χ4n) is 3.29. The molecule has 1 atom stereocenters. The number of hydrogen-bond donors (Lipinski definition) is 2. The number of piperidine rings is 1. The van der Waals surface area contributed by atoms with Gasteiger partial charge in [0.1, 0.15) is 5.69 Å². The van der Waals surface area contributed by atoms with Crippen molar-refractivity contribution in [1.82, 2.24) is 20.2 Å². The topological polar surface area (TPSA) is 87.3 Å². The van der Waals surface area contributed by atoms with Crippen LogP contribution in [0.25, 0.3) is 0 Å². The van der Waals surface area contributed by atoms with Gasteiger partial charge in [0.15, 0.2) is 5.75 Å². The van der Waals surface area contributed by atoms with E-state index in [1.807, 2.05) is 18.3 Å².